The van der Waals surface area contributed by atoms with Crippen molar-refractivity contribution in [2.45, 2.75) is 44.2 Å². The zero-order chi connectivity index (χ0) is 23.0. The molecule has 1 N–H and O–H groups in total. The van der Waals surface area contributed by atoms with E-state index in [9.17, 15) is 22.2 Å². The largest absolute Gasteiger partial charge is 0.416 e. The summed E-state index contributed by atoms with van der Waals surface area (Å²) in [4.78, 5) is 13.4. The van der Waals surface area contributed by atoms with Crippen molar-refractivity contribution in [2.75, 3.05) is 31.1 Å². The summed E-state index contributed by atoms with van der Waals surface area (Å²) >= 11 is 0. The molecule has 5 nitrogen and oxygen atoms in total. The van der Waals surface area contributed by atoms with Gasteiger partial charge in [0.25, 0.3) is 0 Å². The number of carbonyl (C=O) groups is 1. The molecule has 1 aromatic rings. The molecule has 0 radical (unpaired) electrons. The Balaban J connectivity index is 0.00000166. The molecule has 3 unspecified atom stereocenters. The van der Waals surface area contributed by atoms with E-state index in [0.717, 1.165) is 24.2 Å². The van der Waals surface area contributed by atoms with E-state index in [4.69, 9.17) is 0 Å². The average molecular weight is 458 g/mol. The molecule has 2 aliphatic rings. The van der Waals surface area contributed by atoms with Crippen molar-refractivity contribution in [2.24, 2.45) is 0 Å². The number of alkyl halides is 3. The molecular weight excluding hydrogens is 427 g/mol. The van der Waals surface area contributed by atoms with E-state index < -0.39 is 22.7 Å². The Labute approximate surface area is 184 Å². The molecule has 1 saturated heterocycles. The van der Waals surface area contributed by atoms with Crippen LogP contribution >= 0.6 is 0 Å². The summed E-state index contributed by atoms with van der Waals surface area (Å²) in [5.74, 6) is -0.224. The van der Waals surface area contributed by atoms with Crippen molar-refractivity contribution >= 4 is 22.6 Å². The molecule has 0 saturated carbocycles. The maximum atomic E-state index is 12.9. The first kappa shape index (κ1) is 25.1. The van der Waals surface area contributed by atoms with E-state index in [0.29, 0.717) is 32.6 Å². The number of amides is 1. The molecule has 9 heteroatoms. The number of nitrogens with one attached hydrogen (secondary N) is 1. The molecule has 1 heterocycles. The zero-order valence-corrected chi connectivity index (χ0v) is 18.7. The number of halogens is 3. The Morgan fingerprint density at radius 2 is 1.71 bits per heavy atom. The van der Waals surface area contributed by atoms with Crippen LogP contribution in [0.2, 0.25) is 0 Å². The van der Waals surface area contributed by atoms with Crippen LogP contribution in [0.4, 0.5) is 18.9 Å². The summed E-state index contributed by atoms with van der Waals surface area (Å²) in [5, 5.41) is 2.72. The van der Waals surface area contributed by atoms with Crippen molar-refractivity contribution in [1.82, 2.24) is 9.62 Å². The SMILES string of the molecule is C=CC(=O)NC1C=CC(S(=O)N2CCN(c3ccc(C(F)(F)F)cc3)CC2)CC1.CC. The molecule has 0 spiro atoms. The molecule has 3 rings (SSSR count). The quantitative estimate of drug-likeness (QED) is 0.539. The van der Waals surface area contributed by atoms with Gasteiger partial charge in [-0.3, -0.25) is 4.79 Å². The van der Waals surface area contributed by atoms with Crippen molar-refractivity contribution in [3.63, 3.8) is 0 Å². The molecule has 1 aliphatic heterocycles. The van der Waals surface area contributed by atoms with Crippen LogP contribution in [0, 0.1) is 0 Å². The average Bonchev–Trinajstić information content (AvgIpc) is 2.80. The van der Waals surface area contributed by atoms with Crippen LogP contribution < -0.4 is 10.2 Å². The molecule has 1 fully saturated rings. The van der Waals surface area contributed by atoms with E-state index in [-0.39, 0.29) is 17.2 Å². The van der Waals surface area contributed by atoms with Crippen LogP contribution in [0.3, 0.4) is 0 Å². The van der Waals surface area contributed by atoms with Gasteiger partial charge in [-0.05, 0) is 43.2 Å². The van der Waals surface area contributed by atoms with Crippen LogP contribution in [-0.2, 0) is 22.0 Å². The summed E-state index contributed by atoms with van der Waals surface area (Å²) in [6.07, 6.45) is 2.10. The Hall–Kier alpha value is -2.13. The molecule has 31 heavy (non-hydrogen) atoms. The van der Waals surface area contributed by atoms with Gasteiger partial charge in [0.15, 0.2) is 0 Å². The topological polar surface area (TPSA) is 52.7 Å². The molecule has 1 aliphatic carbocycles. The van der Waals surface area contributed by atoms with Gasteiger partial charge in [-0.15, -0.1) is 0 Å². The lowest BCUT2D eigenvalue weighted by Gasteiger charge is -2.37. The minimum atomic E-state index is -4.34. The van der Waals surface area contributed by atoms with E-state index in [1.54, 1.807) is 0 Å². The predicted molar refractivity (Wildman–Crippen MR) is 119 cm³/mol. The predicted octanol–water partition coefficient (Wildman–Crippen LogP) is 3.91. The Morgan fingerprint density at radius 3 is 2.19 bits per heavy atom. The highest BCUT2D eigenvalue weighted by atomic mass is 32.2. The lowest BCUT2D eigenvalue weighted by Crippen LogP contribution is -2.49. The van der Waals surface area contributed by atoms with E-state index in [1.807, 2.05) is 35.2 Å². The van der Waals surface area contributed by atoms with Crippen molar-refractivity contribution in [3.05, 3.63) is 54.6 Å². The van der Waals surface area contributed by atoms with Crippen LogP contribution in [0.15, 0.2) is 49.1 Å². The lowest BCUT2D eigenvalue weighted by molar-refractivity contribution is -0.137. The monoisotopic (exact) mass is 457 g/mol. The molecule has 0 bridgehead atoms. The van der Waals surface area contributed by atoms with Gasteiger partial charge in [0, 0.05) is 37.9 Å². The van der Waals surface area contributed by atoms with Gasteiger partial charge < -0.3 is 10.2 Å². The minimum Gasteiger partial charge on any atom is -0.369 e. The number of carbonyl (C=O) groups excluding carboxylic acids is 1. The normalized spacial score (nSPS) is 22.8. The van der Waals surface area contributed by atoms with Crippen molar-refractivity contribution in [1.29, 1.82) is 0 Å². The molecule has 1 amide bonds. The highest BCUT2D eigenvalue weighted by molar-refractivity contribution is 7.83. The molecule has 172 valence electrons. The molecular formula is C22H30F3N3O2S. The number of anilines is 1. The zero-order valence-electron chi connectivity index (χ0n) is 17.9. The van der Waals surface area contributed by atoms with E-state index in [2.05, 4.69) is 11.9 Å². The van der Waals surface area contributed by atoms with Crippen LogP contribution in [0.5, 0.6) is 0 Å². The van der Waals surface area contributed by atoms with Gasteiger partial charge in [-0.25, -0.2) is 8.51 Å². The molecule has 0 aromatic heterocycles. The molecule has 3 atom stereocenters. The number of nitrogens with zero attached hydrogens (tertiary/aromatic N) is 2. The number of rotatable bonds is 5. The highest BCUT2D eigenvalue weighted by Crippen LogP contribution is 2.31. The third-order valence-corrected chi connectivity index (χ3v) is 6.93. The summed E-state index contributed by atoms with van der Waals surface area (Å²) in [5.41, 5.74) is 0.0782. The van der Waals surface area contributed by atoms with Gasteiger partial charge in [-0.1, -0.05) is 32.6 Å². The van der Waals surface area contributed by atoms with Gasteiger partial charge in [0.05, 0.1) is 10.8 Å². The fourth-order valence-electron chi connectivity index (χ4n) is 3.50. The third kappa shape index (κ3) is 6.93. The summed E-state index contributed by atoms with van der Waals surface area (Å²) in [6.45, 7) is 9.79. The maximum Gasteiger partial charge on any atom is 0.416 e. The van der Waals surface area contributed by atoms with Gasteiger partial charge in [0.2, 0.25) is 5.91 Å². The smallest absolute Gasteiger partial charge is 0.369 e. The second-order valence-corrected chi connectivity index (χ2v) is 8.73. The maximum absolute atomic E-state index is 12.9. The first-order chi connectivity index (χ1) is 14.8. The second kappa shape index (κ2) is 11.5. The third-order valence-electron chi connectivity index (χ3n) is 5.15. The lowest BCUT2D eigenvalue weighted by atomic mass is 10.0. The number of benzene rings is 1. The Bertz CT molecular complexity index is 788. The second-order valence-electron chi connectivity index (χ2n) is 7.06. The molecule has 1 aromatic carbocycles. The first-order valence-corrected chi connectivity index (χ1v) is 11.6. The Morgan fingerprint density at radius 1 is 1.10 bits per heavy atom. The number of hydrogen-bond acceptors (Lipinski definition) is 3. The fraction of sp³-hybridized carbons (Fsp3) is 0.500. The van der Waals surface area contributed by atoms with Gasteiger partial charge in [-0.2, -0.15) is 13.2 Å². The van der Waals surface area contributed by atoms with Crippen LogP contribution in [0.1, 0.15) is 32.3 Å². The summed E-state index contributed by atoms with van der Waals surface area (Å²) in [6, 6.07) is 5.08. The standard InChI is InChI=1S/C20H24F3N3O2S.C2H6/c1-2-19(27)24-16-5-9-18(10-6-16)29(28)26-13-11-25(12-14-26)17-7-3-15(4-8-17)20(21,22)23;1-2/h2-5,7-9,16,18H,1,6,10-14H2,(H,24,27);1-2H3. The van der Waals surface area contributed by atoms with Crippen molar-refractivity contribution < 1.29 is 22.2 Å². The summed E-state index contributed by atoms with van der Waals surface area (Å²) in [7, 11) is -1.17. The first-order valence-electron chi connectivity index (χ1n) is 10.5. The number of hydrogen-bond donors (Lipinski definition) is 1. The number of piperazine rings is 1. The highest BCUT2D eigenvalue weighted by Gasteiger charge is 2.31. The van der Waals surface area contributed by atoms with Crippen LogP contribution in [0.25, 0.3) is 0 Å². The van der Waals surface area contributed by atoms with Crippen molar-refractivity contribution in [3.8, 4) is 0 Å². The van der Waals surface area contributed by atoms with Gasteiger partial charge in [0.1, 0.15) is 11.0 Å². The Kier molecular flexibility index (Phi) is 9.31. The van der Waals surface area contributed by atoms with Crippen LogP contribution in [-0.4, -0.2) is 51.9 Å². The van der Waals surface area contributed by atoms with E-state index >= 15 is 0 Å². The van der Waals surface area contributed by atoms with E-state index in [1.165, 1.54) is 18.2 Å². The van der Waals surface area contributed by atoms with Gasteiger partial charge >= 0.3 is 6.18 Å². The fourth-order valence-corrected chi connectivity index (χ4v) is 4.97. The summed E-state index contributed by atoms with van der Waals surface area (Å²) < 4.78 is 52.9. The minimum absolute atomic E-state index is 0.0646.